The maximum atomic E-state index is 12.3. The summed E-state index contributed by atoms with van der Waals surface area (Å²) in [7, 11) is 1.37. The highest BCUT2D eigenvalue weighted by Gasteiger charge is 2.42. The van der Waals surface area contributed by atoms with Crippen LogP contribution in [-0.4, -0.2) is 42.8 Å². The zero-order chi connectivity index (χ0) is 17.2. The quantitative estimate of drug-likeness (QED) is 0.732. The molecular weight excluding hydrogens is 362 g/mol. The summed E-state index contributed by atoms with van der Waals surface area (Å²) in [5.74, 6) is -0.825. The highest BCUT2D eigenvalue weighted by molar-refractivity contribution is 9.10. The normalized spacial score (nSPS) is 21.2. The van der Waals surface area contributed by atoms with Gasteiger partial charge < -0.3 is 14.4 Å². The Kier molecular flexibility index (Phi) is 5.34. The lowest BCUT2D eigenvalue weighted by Crippen LogP contribution is -2.36. The second-order valence-corrected chi connectivity index (χ2v) is 7.50. The largest absolute Gasteiger partial charge is 0.469 e. The van der Waals surface area contributed by atoms with Gasteiger partial charge in [0.05, 0.1) is 13.0 Å². The fourth-order valence-electron chi connectivity index (χ4n) is 2.76. The van der Waals surface area contributed by atoms with Gasteiger partial charge >= 0.3 is 12.1 Å². The number of rotatable bonds is 2. The SMILES string of the molecule is COC(=O)[C@@H]1CN(C(=O)OC(C)(C)C)C[C@H]1c1ccccc1Br. The summed E-state index contributed by atoms with van der Waals surface area (Å²) < 4.78 is 11.3. The van der Waals surface area contributed by atoms with Crippen molar-refractivity contribution in [3.63, 3.8) is 0 Å². The molecule has 1 aromatic rings. The predicted molar refractivity (Wildman–Crippen MR) is 90.2 cm³/mol. The molecule has 1 aliphatic rings. The van der Waals surface area contributed by atoms with E-state index in [1.807, 2.05) is 45.0 Å². The molecule has 0 bridgehead atoms. The van der Waals surface area contributed by atoms with Crippen molar-refractivity contribution in [3.8, 4) is 0 Å². The number of methoxy groups -OCH3 is 1. The van der Waals surface area contributed by atoms with Gasteiger partial charge in [-0.05, 0) is 32.4 Å². The van der Waals surface area contributed by atoms with Crippen LogP contribution in [0, 0.1) is 5.92 Å². The molecule has 1 saturated heterocycles. The first-order chi connectivity index (χ1) is 10.7. The number of carbonyl (C=O) groups is 2. The van der Waals surface area contributed by atoms with Crippen molar-refractivity contribution in [2.45, 2.75) is 32.3 Å². The number of hydrogen-bond donors (Lipinski definition) is 0. The van der Waals surface area contributed by atoms with Crippen molar-refractivity contribution in [1.29, 1.82) is 0 Å². The number of ether oxygens (including phenoxy) is 2. The summed E-state index contributed by atoms with van der Waals surface area (Å²) in [4.78, 5) is 26.0. The van der Waals surface area contributed by atoms with Crippen LogP contribution in [0.5, 0.6) is 0 Å². The van der Waals surface area contributed by atoms with E-state index in [1.54, 1.807) is 4.90 Å². The van der Waals surface area contributed by atoms with Crippen molar-refractivity contribution >= 4 is 28.0 Å². The highest BCUT2D eigenvalue weighted by Crippen LogP contribution is 2.37. The topological polar surface area (TPSA) is 55.8 Å². The Hall–Kier alpha value is -1.56. The van der Waals surface area contributed by atoms with Crippen molar-refractivity contribution in [1.82, 2.24) is 4.90 Å². The van der Waals surface area contributed by atoms with E-state index in [0.717, 1.165) is 10.0 Å². The fourth-order valence-corrected chi connectivity index (χ4v) is 3.34. The molecule has 0 radical (unpaired) electrons. The number of hydrogen-bond acceptors (Lipinski definition) is 4. The molecule has 0 N–H and O–H groups in total. The van der Waals surface area contributed by atoms with Crippen LogP contribution < -0.4 is 0 Å². The second-order valence-electron chi connectivity index (χ2n) is 6.64. The van der Waals surface area contributed by atoms with E-state index in [9.17, 15) is 9.59 Å². The van der Waals surface area contributed by atoms with Crippen LogP contribution in [0.15, 0.2) is 28.7 Å². The molecule has 1 aromatic carbocycles. The Morgan fingerprint density at radius 3 is 2.43 bits per heavy atom. The molecular formula is C17H22BrNO4. The van der Waals surface area contributed by atoms with E-state index in [0.29, 0.717) is 13.1 Å². The van der Waals surface area contributed by atoms with Crippen LogP contribution in [0.1, 0.15) is 32.3 Å². The first kappa shape index (κ1) is 17.8. The molecule has 0 unspecified atom stereocenters. The summed E-state index contributed by atoms with van der Waals surface area (Å²) in [5.41, 5.74) is 0.428. The number of benzene rings is 1. The Bertz CT molecular complexity index is 597. The van der Waals surface area contributed by atoms with Crippen LogP contribution in [0.4, 0.5) is 4.79 Å². The molecule has 1 aliphatic heterocycles. The standard InChI is InChI=1S/C17H22BrNO4/c1-17(2,3)23-16(21)19-9-12(13(10-19)15(20)22-4)11-7-5-6-8-14(11)18/h5-8,12-13H,9-10H2,1-4H3/t12-,13+/m0/s1. The third kappa shape index (κ3) is 4.25. The summed E-state index contributed by atoms with van der Waals surface area (Å²) in [6, 6.07) is 7.73. The fraction of sp³-hybridized carbons (Fsp3) is 0.529. The van der Waals surface area contributed by atoms with Crippen molar-refractivity contribution in [3.05, 3.63) is 34.3 Å². The molecule has 23 heavy (non-hydrogen) atoms. The van der Waals surface area contributed by atoms with E-state index in [2.05, 4.69) is 15.9 Å². The van der Waals surface area contributed by atoms with Gasteiger partial charge in [0.25, 0.3) is 0 Å². The van der Waals surface area contributed by atoms with E-state index >= 15 is 0 Å². The van der Waals surface area contributed by atoms with Gasteiger partial charge in [-0.1, -0.05) is 34.1 Å². The minimum atomic E-state index is -0.566. The number of carbonyl (C=O) groups excluding carboxylic acids is 2. The summed E-state index contributed by atoms with van der Waals surface area (Å²) in [6.45, 7) is 6.20. The minimum Gasteiger partial charge on any atom is -0.469 e. The van der Waals surface area contributed by atoms with Crippen LogP contribution in [0.25, 0.3) is 0 Å². The molecule has 2 atom stereocenters. The van der Waals surface area contributed by atoms with Crippen molar-refractivity contribution in [2.24, 2.45) is 5.92 Å². The molecule has 6 heteroatoms. The smallest absolute Gasteiger partial charge is 0.410 e. The van der Waals surface area contributed by atoms with E-state index in [4.69, 9.17) is 9.47 Å². The van der Waals surface area contributed by atoms with Gasteiger partial charge in [-0.15, -0.1) is 0 Å². The monoisotopic (exact) mass is 383 g/mol. The van der Waals surface area contributed by atoms with Crippen LogP contribution in [0.2, 0.25) is 0 Å². The number of esters is 1. The van der Waals surface area contributed by atoms with Crippen LogP contribution in [0.3, 0.4) is 0 Å². The Morgan fingerprint density at radius 2 is 1.87 bits per heavy atom. The number of amides is 1. The zero-order valence-corrected chi connectivity index (χ0v) is 15.4. The third-order valence-corrected chi connectivity index (χ3v) is 4.50. The Morgan fingerprint density at radius 1 is 1.22 bits per heavy atom. The Labute approximate surface area is 145 Å². The molecule has 1 amide bonds. The second kappa shape index (κ2) is 6.91. The lowest BCUT2D eigenvalue weighted by molar-refractivity contribution is -0.145. The minimum absolute atomic E-state index is 0.120. The first-order valence-corrected chi connectivity index (χ1v) is 8.32. The maximum absolute atomic E-state index is 12.3. The molecule has 0 spiro atoms. The number of nitrogens with zero attached hydrogens (tertiary/aromatic N) is 1. The van der Waals surface area contributed by atoms with Crippen molar-refractivity contribution < 1.29 is 19.1 Å². The summed E-state index contributed by atoms with van der Waals surface area (Å²) in [6.07, 6.45) is -0.402. The maximum Gasteiger partial charge on any atom is 0.410 e. The van der Waals surface area contributed by atoms with E-state index in [1.165, 1.54) is 7.11 Å². The van der Waals surface area contributed by atoms with Gasteiger partial charge in [-0.3, -0.25) is 4.79 Å². The molecule has 1 heterocycles. The molecule has 0 saturated carbocycles. The summed E-state index contributed by atoms with van der Waals surface area (Å²) >= 11 is 3.52. The molecule has 0 aliphatic carbocycles. The lowest BCUT2D eigenvalue weighted by Gasteiger charge is -2.24. The number of likely N-dealkylation sites (tertiary alicyclic amines) is 1. The highest BCUT2D eigenvalue weighted by atomic mass is 79.9. The van der Waals surface area contributed by atoms with Crippen LogP contribution >= 0.6 is 15.9 Å². The van der Waals surface area contributed by atoms with E-state index < -0.39 is 17.6 Å². The molecule has 0 aromatic heterocycles. The molecule has 126 valence electrons. The Balaban J connectivity index is 2.25. The van der Waals surface area contributed by atoms with Gasteiger partial charge in [0, 0.05) is 23.5 Å². The van der Waals surface area contributed by atoms with Crippen molar-refractivity contribution in [2.75, 3.05) is 20.2 Å². The van der Waals surface area contributed by atoms with Crippen LogP contribution in [-0.2, 0) is 14.3 Å². The van der Waals surface area contributed by atoms with Gasteiger partial charge in [0.2, 0.25) is 0 Å². The van der Waals surface area contributed by atoms with Gasteiger partial charge in [-0.25, -0.2) is 4.79 Å². The summed E-state index contributed by atoms with van der Waals surface area (Å²) in [5, 5.41) is 0. The zero-order valence-electron chi connectivity index (χ0n) is 13.8. The van der Waals surface area contributed by atoms with Gasteiger partial charge in [-0.2, -0.15) is 0 Å². The number of halogens is 1. The van der Waals surface area contributed by atoms with Gasteiger partial charge in [0.1, 0.15) is 5.60 Å². The molecule has 5 nitrogen and oxygen atoms in total. The first-order valence-electron chi connectivity index (χ1n) is 7.53. The molecule has 1 fully saturated rings. The van der Waals surface area contributed by atoms with E-state index in [-0.39, 0.29) is 11.9 Å². The third-order valence-electron chi connectivity index (χ3n) is 3.78. The predicted octanol–water partition coefficient (Wildman–Crippen LogP) is 3.57. The average molecular weight is 384 g/mol. The average Bonchev–Trinajstić information content (AvgIpc) is 2.90. The lowest BCUT2D eigenvalue weighted by atomic mass is 9.89. The van der Waals surface area contributed by atoms with Gasteiger partial charge in [0.15, 0.2) is 0 Å². The molecule has 2 rings (SSSR count).